The van der Waals surface area contributed by atoms with Crippen molar-refractivity contribution in [3.05, 3.63) is 59.8 Å². The fourth-order valence-electron chi connectivity index (χ4n) is 3.02. The minimum atomic E-state index is -2.82. The van der Waals surface area contributed by atoms with Crippen LogP contribution < -0.4 is 9.47 Å². The standard InChI is InChI=1S/C22H26F2N2O2/c1-15(2)26(3)12-11-17-13-25-19-5-4-6-20(21(17)19)27-14-16-7-9-18(10-8-16)28-22(23)24/h4-10,13,15,22,25H,11-12,14H2,1-3H3. The molecule has 2 aromatic carbocycles. The molecule has 3 aromatic rings. The van der Waals surface area contributed by atoms with E-state index in [1.165, 1.54) is 17.7 Å². The summed E-state index contributed by atoms with van der Waals surface area (Å²) >= 11 is 0. The van der Waals surface area contributed by atoms with Crippen LogP contribution in [0.2, 0.25) is 0 Å². The van der Waals surface area contributed by atoms with Gasteiger partial charge in [0.1, 0.15) is 18.1 Å². The van der Waals surface area contributed by atoms with Crippen molar-refractivity contribution in [1.82, 2.24) is 9.88 Å². The molecule has 0 aliphatic heterocycles. The first-order valence-corrected chi connectivity index (χ1v) is 9.40. The quantitative estimate of drug-likeness (QED) is 0.545. The number of benzene rings is 2. The minimum absolute atomic E-state index is 0.142. The highest BCUT2D eigenvalue weighted by Crippen LogP contribution is 2.30. The zero-order chi connectivity index (χ0) is 20.1. The van der Waals surface area contributed by atoms with Crippen molar-refractivity contribution in [2.75, 3.05) is 13.6 Å². The number of hydrogen-bond acceptors (Lipinski definition) is 3. The maximum atomic E-state index is 12.2. The third-order valence-corrected chi connectivity index (χ3v) is 4.91. The lowest BCUT2D eigenvalue weighted by molar-refractivity contribution is -0.0498. The van der Waals surface area contributed by atoms with Crippen molar-refractivity contribution in [1.29, 1.82) is 0 Å². The van der Waals surface area contributed by atoms with Crippen LogP contribution in [0, 0.1) is 0 Å². The lowest BCUT2D eigenvalue weighted by Crippen LogP contribution is -2.28. The maximum Gasteiger partial charge on any atom is 0.387 e. The lowest BCUT2D eigenvalue weighted by Gasteiger charge is -2.20. The van der Waals surface area contributed by atoms with E-state index < -0.39 is 6.61 Å². The molecule has 1 aromatic heterocycles. The molecule has 4 nitrogen and oxygen atoms in total. The lowest BCUT2D eigenvalue weighted by atomic mass is 10.1. The van der Waals surface area contributed by atoms with Gasteiger partial charge in [0, 0.05) is 29.7 Å². The van der Waals surface area contributed by atoms with Crippen LogP contribution in [-0.2, 0) is 13.0 Å². The van der Waals surface area contributed by atoms with Crippen LogP contribution in [0.15, 0.2) is 48.7 Å². The molecule has 0 saturated carbocycles. The van der Waals surface area contributed by atoms with Crippen molar-refractivity contribution in [2.45, 2.75) is 39.5 Å². The fraction of sp³-hybridized carbons (Fsp3) is 0.364. The molecule has 0 bridgehead atoms. The Morgan fingerprint density at radius 2 is 1.82 bits per heavy atom. The molecular weight excluding hydrogens is 362 g/mol. The van der Waals surface area contributed by atoms with Gasteiger partial charge in [-0.3, -0.25) is 0 Å². The number of aromatic amines is 1. The molecule has 0 aliphatic rings. The van der Waals surface area contributed by atoms with Crippen LogP contribution >= 0.6 is 0 Å². The highest BCUT2D eigenvalue weighted by Gasteiger charge is 2.12. The molecule has 0 unspecified atom stereocenters. The summed E-state index contributed by atoms with van der Waals surface area (Å²) in [5.74, 6) is 0.955. The number of nitrogens with zero attached hydrogens (tertiary/aromatic N) is 1. The summed E-state index contributed by atoms with van der Waals surface area (Å²) in [6.45, 7) is 2.86. The number of halogens is 2. The van der Waals surface area contributed by atoms with Gasteiger partial charge in [0.05, 0.1) is 0 Å². The summed E-state index contributed by atoms with van der Waals surface area (Å²) in [4.78, 5) is 5.63. The van der Waals surface area contributed by atoms with Crippen LogP contribution in [0.5, 0.6) is 11.5 Å². The highest BCUT2D eigenvalue weighted by atomic mass is 19.3. The van der Waals surface area contributed by atoms with Gasteiger partial charge in [-0.25, -0.2) is 0 Å². The van der Waals surface area contributed by atoms with Gasteiger partial charge in [0.25, 0.3) is 0 Å². The summed E-state index contributed by atoms with van der Waals surface area (Å²) in [5, 5.41) is 1.09. The topological polar surface area (TPSA) is 37.5 Å². The number of rotatable bonds is 9. The van der Waals surface area contributed by atoms with Crippen molar-refractivity contribution in [3.63, 3.8) is 0 Å². The van der Waals surface area contributed by atoms with E-state index in [-0.39, 0.29) is 5.75 Å². The third kappa shape index (κ3) is 5.01. The first kappa shape index (κ1) is 20.1. The fourth-order valence-corrected chi connectivity index (χ4v) is 3.02. The first-order valence-electron chi connectivity index (χ1n) is 9.40. The Kier molecular flexibility index (Phi) is 6.52. The van der Waals surface area contributed by atoms with E-state index in [1.54, 1.807) is 12.1 Å². The molecule has 150 valence electrons. The van der Waals surface area contributed by atoms with Crippen molar-refractivity contribution in [2.24, 2.45) is 0 Å². The van der Waals surface area contributed by atoms with Gasteiger partial charge in [-0.15, -0.1) is 0 Å². The summed E-state index contributed by atoms with van der Waals surface area (Å²) in [6.07, 6.45) is 2.97. The second-order valence-corrected chi connectivity index (χ2v) is 7.13. The molecule has 28 heavy (non-hydrogen) atoms. The molecule has 0 saturated heterocycles. The molecule has 0 radical (unpaired) electrons. The van der Waals surface area contributed by atoms with E-state index in [4.69, 9.17) is 4.74 Å². The molecule has 0 amide bonds. The second-order valence-electron chi connectivity index (χ2n) is 7.13. The van der Waals surface area contributed by atoms with E-state index in [2.05, 4.69) is 35.5 Å². The number of fused-ring (bicyclic) bond motifs is 1. The average Bonchev–Trinajstić information content (AvgIpc) is 3.08. The third-order valence-electron chi connectivity index (χ3n) is 4.91. The van der Waals surface area contributed by atoms with Crippen LogP contribution in [0.25, 0.3) is 10.9 Å². The van der Waals surface area contributed by atoms with Gasteiger partial charge < -0.3 is 19.4 Å². The minimum Gasteiger partial charge on any atom is -0.488 e. The number of hydrogen-bond donors (Lipinski definition) is 1. The monoisotopic (exact) mass is 388 g/mol. The molecule has 0 aliphatic carbocycles. The van der Waals surface area contributed by atoms with Gasteiger partial charge in [-0.05, 0) is 62.7 Å². The summed E-state index contributed by atoms with van der Waals surface area (Å²) < 4.78 is 34.9. The molecule has 6 heteroatoms. The Morgan fingerprint density at radius 1 is 1.07 bits per heavy atom. The molecule has 3 rings (SSSR count). The number of H-pyrrole nitrogens is 1. The Labute approximate surface area is 164 Å². The van der Waals surface area contributed by atoms with E-state index in [1.807, 2.05) is 24.4 Å². The van der Waals surface area contributed by atoms with E-state index in [0.717, 1.165) is 35.2 Å². The van der Waals surface area contributed by atoms with Gasteiger partial charge in [-0.1, -0.05) is 18.2 Å². The predicted octanol–water partition coefficient (Wildman–Crippen LogP) is 5.23. The Bertz CT molecular complexity index is 891. The number of aromatic nitrogens is 1. The van der Waals surface area contributed by atoms with Gasteiger partial charge in [-0.2, -0.15) is 8.78 Å². The van der Waals surface area contributed by atoms with Crippen LogP contribution in [0.1, 0.15) is 25.0 Å². The zero-order valence-corrected chi connectivity index (χ0v) is 16.4. The zero-order valence-electron chi connectivity index (χ0n) is 16.4. The number of ether oxygens (including phenoxy) is 2. The smallest absolute Gasteiger partial charge is 0.387 e. The van der Waals surface area contributed by atoms with Crippen molar-refractivity contribution in [3.8, 4) is 11.5 Å². The second kappa shape index (κ2) is 9.06. The molecule has 1 N–H and O–H groups in total. The van der Waals surface area contributed by atoms with E-state index in [9.17, 15) is 8.78 Å². The molecular formula is C22H26F2N2O2. The van der Waals surface area contributed by atoms with Gasteiger partial charge >= 0.3 is 6.61 Å². The largest absolute Gasteiger partial charge is 0.488 e. The Balaban J connectivity index is 1.71. The van der Waals surface area contributed by atoms with Crippen LogP contribution in [0.4, 0.5) is 8.78 Å². The van der Waals surface area contributed by atoms with Gasteiger partial charge in [0.15, 0.2) is 0 Å². The molecule has 0 spiro atoms. The normalized spacial score (nSPS) is 11.7. The highest BCUT2D eigenvalue weighted by molar-refractivity contribution is 5.89. The van der Waals surface area contributed by atoms with E-state index >= 15 is 0 Å². The average molecular weight is 388 g/mol. The first-order chi connectivity index (χ1) is 13.4. The van der Waals surface area contributed by atoms with Crippen LogP contribution in [0.3, 0.4) is 0 Å². The summed E-state index contributed by atoms with van der Waals surface area (Å²) in [5.41, 5.74) is 3.15. The SMILES string of the molecule is CC(C)N(C)CCc1c[nH]c2cccc(OCc3ccc(OC(F)F)cc3)c12. The van der Waals surface area contributed by atoms with E-state index in [0.29, 0.717) is 12.6 Å². The Morgan fingerprint density at radius 3 is 2.50 bits per heavy atom. The molecule has 0 atom stereocenters. The maximum absolute atomic E-state index is 12.2. The van der Waals surface area contributed by atoms with Crippen molar-refractivity contribution < 1.29 is 18.3 Å². The summed E-state index contributed by atoms with van der Waals surface area (Å²) in [6, 6.07) is 13.0. The summed E-state index contributed by atoms with van der Waals surface area (Å²) in [7, 11) is 2.12. The number of nitrogens with one attached hydrogen (secondary N) is 1. The molecule has 0 fully saturated rings. The Hall–Kier alpha value is -2.60. The molecule has 1 heterocycles. The number of alkyl halides is 2. The van der Waals surface area contributed by atoms with Crippen molar-refractivity contribution >= 4 is 10.9 Å². The number of likely N-dealkylation sites (N-methyl/N-ethyl adjacent to an activating group) is 1. The predicted molar refractivity (Wildman–Crippen MR) is 107 cm³/mol. The van der Waals surface area contributed by atoms with Crippen LogP contribution in [-0.4, -0.2) is 36.1 Å². The van der Waals surface area contributed by atoms with Gasteiger partial charge in [0.2, 0.25) is 0 Å².